The molecule has 0 saturated heterocycles. The topological polar surface area (TPSA) is 84.2 Å². The molecule has 3 amide bonds. The molecule has 5 nitrogen and oxygen atoms in total. The molecule has 0 fully saturated rings. The summed E-state index contributed by atoms with van der Waals surface area (Å²) in [5.41, 5.74) is 6.06. The number of carbonyl (C=O) groups is 2. The number of hydrogen-bond donors (Lipinski definition) is 3. The van der Waals surface area contributed by atoms with Crippen molar-refractivity contribution in [2.24, 2.45) is 5.73 Å². The van der Waals surface area contributed by atoms with Gasteiger partial charge < -0.3 is 11.1 Å². The zero-order valence-electron chi connectivity index (χ0n) is 8.71. The fraction of sp³-hybridized carbons (Fsp3) is 0.200. The molecule has 0 aliphatic rings. The van der Waals surface area contributed by atoms with E-state index >= 15 is 0 Å². The van der Waals surface area contributed by atoms with Crippen LogP contribution in [0.1, 0.15) is 5.56 Å². The van der Waals surface area contributed by atoms with Crippen molar-refractivity contribution in [2.75, 3.05) is 11.9 Å². The molecule has 6 heteroatoms. The van der Waals surface area contributed by atoms with Crippen molar-refractivity contribution in [1.29, 1.82) is 0 Å². The minimum absolute atomic E-state index is 0.102. The second kappa shape index (κ2) is 5.11. The molecule has 0 radical (unpaired) electrons. The summed E-state index contributed by atoms with van der Waals surface area (Å²) in [6.45, 7) is 1.60. The first kappa shape index (κ1) is 12.0. The van der Waals surface area contributed by atoms with Gasteiger partial charge in [0, 0.05) is 5.69 Å². The van der Waals surface area contributed by atoms with E-state index in [9.17, 15) is 14.0 Å². The average Bonchev–Trinajstić information content (AvgIpc) is 2.15. The average molecular weight is 225 g/mol. The Bertz CT molecular complexity index is 421. The van der Waals surface area contributed by atoms with Crippen LogP contribution < -0.4 is 16.4 Å². The van der Waals surface area contributed by atoms with Gasteiger partial charge in [-0.1, -0.05) is 0 Å². The molecule has 0 aliphatic carbocycles. The van der Waals surface area contributed by atoms with E-state index in [0.29, 0.717) is 11.3 Å². The van der Waals surface area contributed by atoms with Crippen molar-refractivity contribution in [3.63, 3.8) is 0 Å². The van der Waals surface area contributed by atoms with Gasteiger partial charge in [-0.05, 0) is 30.7 Å². The summed E-state index contributed by atoms with van der Waals surface area (Å²) in [4.78, 5) is 21.4. The molecule has 1 rings (SSSR count). The van der Waals surface area contributed by atoms with E-state index in [1.165, 1.54) is 18.2 Å². The lowest BCUT2D eigenvalue weighted by atomic mass is 10.2. The second-order valence-electron chi connectivity index (χ2n) is 3.23. The molecule has 0 aliphatic heterocycles. The van der Waals surface area contributed by atoms with E-state index in [0.717, 1.165) is 0 Å². The predicted octanol–water partition coefficient (Wildman–Crippen LogP) is 0.741. The minimum Gasteiger partial charge on any atom is -0.376 e. The van der Waals surface area contributed by atoms with Gasteiger partial charge in [0.05, 0.1) is 6.54 Å². The summed E-state index contributed by atoms with van der Waals surface area (Å²) < 4.78 is 12.8. The first-order valence-electron chi connectivity index (χ1n) is 4.58. The van der Waals surface area contributed by atoms with Gasteiger partial charge in [0.1, 0.15) is 5.82 Å². The lowest BCUT2D eigenvalue weighted by Gasteiger charge is -2.08. The van der Waals surface area contributed by atoms with Crippen LogP contribution in [0.5, 0.6) is 0 Å². The van der Waals surface area contributed by atoms with Gasteiger partial charge in [-0.3, -0.25) is 10.1 Å². The van der Waals surface area contributed by atoms with Gasteiger partial charge in [-0.2, -0.15) is 0 Å². The quantitative estimate of drug-likeness (QED) is 0.709. The summed E-state index contributed by atoms with van der Waals surface area (Å²) in [5.74, 6) is -0.888. The molecule has 0 heterocycles. The first-order chi connectivity index (χ1) is 7.49. The van der Waals surface area contributed by atoms with Crippen LogP contribution >= 0.6 is 0 Å². The maximum atomic E-state index is 12.8. The van der Waals surface area contributed by atoms with Gasteiger partial charge >= 0.3 is 6.03 Å². The molecule has 86 valence electrons. The summed E-state index contributed by atoms with van der Waals surface area (Å²) in [6.07, 6.45) is 0. The molecule has 0 bridgehead atoms. The third-order valence-corrected chi connectivity index (χ3v) is 1.89. The maximum Gasteiger partial charge on any atom is 0.318 e. The molecule has 0 spiro atoms. The van der Waals surface area contributed by atoms with Crippen molar-refractivity contribution < 1.29 is 14.0 Å². The number of hydrogen-bond acceptors (Lipinski definition) is 3. The maximum absolute atomic E-state index is 12.8. The number of halogens is 1. The highest BCUT2D eigenvalue weighted by Gasteiger charge is 2.05. The number of anilines is 1. The summed E-state index contributed by atoms with van der Waals surface area (Å²) in [5, 5.41) is 4.67. The fourth-order valence-corrected chi connectivity index (χ4v) is 1.18. The summed E-state index contributed by atoms with van der Waals surface area (Å²) in [7, 11) is 0. The number of rotatable bonds is 3. The number of aryl methyl sites for hydroxylation is 1. The zero-order valence-corrected chi connectivity index (χ0v) is 8.71. The zero-order chi connectivity index (χ0) is 12.1. The van der Waals surface area contributed by atoms with Crippen molar-refractivity contribution in [2.45, 2.75) is 6.92 Å². The highest BCUT2D eigenvalue weighted by atomic mass is 19.1. The number of nitrogens with one attached hydrogen (secondary N) is 2. The van der Waals surface area contributed by atoms with Crippen molar-refractivity contribution >= 4 is 17.6 Å². The lowest BCUT2D eigenvalue weighted by Crippen LogP contribution is -2.38. The molecule has 0 atom stereocenters. The Balaban J connectivity index is 2.54. The van der Waals surface area contributed by atoms with Gasteiger partial charge in [0.25, 0.3) is 0 Å². The first-order valence-corrected chi connectivity index (χ1v) is 4.58. The Morgan fingerprint density at radius 1 is 1.44 bits per heavy atom. The highest BCUT2D eigenvalue weighted by molar-refractivity contribution is 5.95. The number of benzene rings is 1. The SMILES string of the molecule is Cc1cc(F)ccc1NCC(=O)NC(N)=O. The van der Waals surface area contributed by atoms with Crippen LogP contribution in [0.2, 0.25) is 0 Å². The Hall–Kier alpha value is -2.11. The molecular weight excluding hydrogens is 213 g/mol. The molecular formula is C10H12FN3O2. The van der Waals surface area contributed by atoms with E-state index < -0.39 is 11.9 Å². The van der Waals surface area contributed by atoms with Crippen LogP contribution in [0.25, 0.3) is 0 Å². The molecule has 0 aromatic heterocycles. The molecule has 0 saturated carbocycles. The molecule has 0 unspecified atom stereocenters. The number of urea groups is 1. The third kappa shape index (κ3) is 3.56. The standard InChI is InChI=1S/C10H12FN3O2/c1-6-4-7(11)2-3-8(6)13-5-9(15)14-10(12)16/h2-4,13H,5H2,1H3,(H3,12,14,15,16). The van der Waals surface area contributed by atoms with Crippen LogP contribution in [0.15, 0.2) is 18.2 Å². The van der Waals surface area contributed by atoms with Crippen molar-refractivity contribution in [3.8, 4) is 0 Å². The Labute approximate surface area is 91.8 Å². The predicted molar refractivity (Wildman–Crippen MR) is 57.4 cm³/mol. The van der Waals surface area contributed by atoms with Gasteiger partial charge in [0.2, 0.25) is 5.91 Å². The Morgan fingerprint density at radius 2 is 2.12 bits per heavy atom. The Morgan fingerprint density at radius 3 is 2.69 bits per heavy atom. The number of nitrogens with two attached hydrogens (primary N) is 1. The summed E-state index contributed by atoms with van der Waals surface area (Å²) in [6, 6.07) is 3.24. The number of amides is 3. The van der Waals surface area contributed by atoms with Crippen LogP contribution in [-0.4, -0.2) is 18.5 Å². The van der Waals surface area contributed by atoms with E-state index in [4.69, 9.17) is 5.73 Å². The van der Waals surface area contributed by atoms with Crippen LogP contribution in [0.3, 0.4) is 0 Å². The monoisotopic (exact) mass is 225 g/mol. The second-order valence-corrected chi connectivity index (χ2v) is 3.23. The lowest BCUT2D eigenvalue weighted by molar-refractivity contribution is -0.118. The third-order valence-electron chi connectivity index (χ3n) is 1.89. The minimum atomic E-state index is -0.900. The van der Waals surface area contributed by atoms with Crippen molar-refractivity contribution in [3.05, 3.63) is 29.6 Å². The van der Waals surface area contributed by atoms with Crippen LogP contribution in [0.4, 0.5) is 14.9 Å². The van der Waals surface area contributed by atoms with Crippen LogP contribution in [-0.2, 0) is 4.79 Å². The number of primary amides is 1. The van der Waals surface area contributed by atoms with E-state index in [2.05, 4.69) is 5.32 Å². The highest BCUT2D eigenvalue weighted by Crippen LogP contribution is 2.14. The number of carbonyl (C=O) groups excluding carboxylic acids is 2. The van der Waals surface area contributed by atoms with E-state index in [1.54, 1.807) is 6.92 Å². The van der Waals surface area contributed by atoms with Gasteiger partial charge in [-0.25, -0.2) is 9.18 Å². The molecule has 1 aromatic carbocycles. The number of imide groups is 1. The van der Waals surface area contributed by atoms with E-state index in [1.807, 2.05) is 5.32 Å². The fourth-order valence-electron chi connectivity index (χ4n) is 1.18. The normalized spacial score (nSPS) is 9.62. The van der Waals surface area contributed by atoms with Crippen LogP contribution in [0, 0.1) is 12.7 Å². The van der Waals surface area contributed by atoms with Crippen molar-refractivity contribution in [1.82, 2.24) is 5.32 Å². The van der Waals surface area contributed by atoms with Gasteiger partial charge in [-0.15, -0.1) is 0 Å². The molecule has 16 heavy (non-hydrogen) atoms. The summed E-state index contributed by atoms with van der Waals surface area (Å²) >= 11 is 0. The molecule has 4 N–H and O–H groups in total. The van der Waals surface area contributed by atoms with E-state index in [-0.39, 0.29) is 12.4 Å². The van der Waals surface area contributed by atoms with Gasteiger partial charge in [0.15, 0.2) is 0 Å². The smallest absolute Gasteiger partial charge is 0.318 e. The molecule has 1 aromatic rings. The Kier molecular flexibility index (Phi) is 3.82. The largest absolute Gasteiger partial charge is 0.376 e.